The number of fused-ring (bicyclic) bond motifs is 1. The first-order valence-corrected chi connectivity index (χ1v) is 10.4. The molecule has 0 fully saturated rings. The molecule has 0 unspecified atom stereocenters. The van der Waals surface area contributed by atoms with E-state index in [0.29, 0.717) is 23.3 Å². The highest BCUT2D eigenvalue weighted by Crippen LogP contribution is 2.35. The van der Waals surface area contributed by atoms with Crippen molar-refractivity contribution in [2.45, 2.75) is 34.6 Å². The average Bonchev–Trinajstić information content (AvgIpc) is 2.73. The first-order valence-electron chi connectivity index (χ1n) is 10.4. The number of rotatable bonds is 5. The second-order valence-corrected chi connectivity index (χ2v) is 7.85. The van der Waals surface area contributed by atoms with E-state index in [4.69, 9.17) is 4.74 Å². The molecule has 0 spiro atoms. The van der Waals surface area contributed by atoms with Crippen molar-refractivity contribution in [1.82, 2.24) is 15.0 Å². The van der Waals surface area contributed by atoms with Crippen molar-refractivity contribution >= 4 is 33.8 Å². The summed E-state index contributed by atoms with van der Waals surface area (Å²) in [5.41, 5.74) is 5.66. The number of methoxy groups -OCH3 is 1. The Hall–Kier alpha value is -3.87. The molecular formula is C25H26N6O. The van der Waals surface area contributed by atoms with Gasteiger partial charge in [-0.25, -0.2) is 4.98 Å². The van der Waals surface area contributed by atoms with E-state index in [1.807, 2.05) is 32.9 Å². The minimum Gasteiger partial charge on any atom is -0.494 e. The number of hydrogen-bond acceptors (Lipinski definition) is 7. The fourth-order valence-corrected chi connectivity index (χ4v) is 3.72. The Morgan fingerprint density at radius 3 is 2.22 bits per heavy atom. The highest BCUT2D eigenvalue weighted by Gasteiger charge is 2.11. The molecule has 0 aliphatic rings. The zero-order chi connectivity index (χ0) is 22.8. The molecule has 7 nitrogen and oxygen atoms in total. The van der Waals surface area contributed by atoms with Crippen LogP contribution >= 0.6 is 0 Å². The van der Waals surface area contributed by atoms with Crippen molar-refractivity contribution in [2.75, 3.05) is 12.4 Å². The number of benzene rings is 3. The summed E-state index contributed by atoms with van der Waals surface area (Å²) in [6.45, 7) is 9.86. The zero-order valence-electron chi connectivity index (χ0n) is 19.2. The third-order valence-corrected chi connectivity index (χ3v) is 5.30. The normalized spacial score (nSPS) is 11.3. The first-order chi connectivity index (χ1) is 15.3. The summed E-state index contributed by atoms with van der Waals surface area (Å²) < 4.78 is 5.58. The molecule has 1 aromatic heterocycles. The Balaban J connectivity index is 1.67. The van der Waals surface area contributed by atoms with Crippen LogP contribution in [-0.4, -0.2) is 22.1 Å². The summed E-state index contributed by atoms with van der Waals surface area (Å²) in [7, 11) is 1.62. The number of nitrogens with one attached hydrogen (secondary N) is 1. The van der Waals surface area contributed by atoms with Crippen molar-refractivity contribution < 1.29 is 4.74 Å². The lowest BCUT2D eigenvalue weighted by atomic mass is 10.0. The van der Waals surface area contributed by atoms with Crippen molar-refractivity contribution in [1.29, 1.82) is 0 Å². The van der Waals surface area contributed by atoms with Gasteiger partial charge in [-0.05, 0) is 80.3 Å². The summed E-state index contributed by atoms with van der Waals surface area (Å²) in [6, 6.07) is 14.3. The van der Waals surface area contributed by atoms with E-state index in [-0.39, 0.29) is 0 Å². The van der Waals surface area contributed by atoms with Crippen LogP contribution in [0.2, 0.25) is 0 Å². The Morgan fingerprint density at radius 1 is 0.750 bits per heavy atom. The summed E-state index contributed by atoms with van der Waals surface area (Å²) in [6.07, 6.45) is 0. The Labute approximate surface area is 187 Å². The predicted molar refractivity (Wildman–Crippen MR) is 128 cm³/mol. The molecule has 0 amide bonds. The number of hydrogen-bond donors (Lipinski definition) is 1. The molecule has 7 heteroatoms. The van der Waals surface area contributed by atoms with Crippen LogP contribution in [0.5, 0.6) is 5.75 Å². The van der Waals surface area contributed by atoms with E-state index in [0.717, 1.165) is 22.6 Å². The number of aryl methyl sites for hydroxylation is 5. The number of aromatic nitrogens is 3. The lowest BCUT2D eigenvalue weighted by molar-refractivity contribution is 0.417. The molecule has 0 aliphatic heterocycles. The van der Waals surface area contributed by atoms with Crippen molar-refractivity contribution in [2.24, 2.45) is 10.2 Å². The fourth-order valence-electron chi connectivity index (χ4n) is 3.72. The van der Waals surface area contributed by atoms with Gasteiger partial charge < -0.3 is 10.1 Å². The summed E-state index contributed by atoms with van der Waals surface area (Å²) in [5.74, 6) is 2.42. The maximum atomic E-state index is 5.58. The van der Waals surface area contributed by atoms with Gasteiger partial charge in [0.15, 0.2) is 0 Å². The number of anilines is 2. The van der Waals surface area contributed by atoms with Gasteiger partial charge in [-0.15, -0.1) is 0 Å². The topological polar surface area (TPSA) is 84.7 Å². The van der Waals surface area contributed by atoms with Crippen molar-refractivity contribution in [3.63, 3.8) is 0 Å². The monoisotopic (exact) mass is 426 g/mol. The predicted octanol–water partition coefficient (Wildman–Crippen LogP) is 6.73. The minimum absolute atomic E-state index is 0.476. The van der Waals surface area contributed by atoms with Crippen LogP contribution in [0, 0.1) is 34.6 Å². The molecule has 0 saturated heterocycles. The van der Waals surface area contributed by atoms with Crippen LogP contribution in [0.25, 0.3) is 10.8 Å². The van der Waals surface area contributed by atoms with E-state index in [9.17, 15) is 0 Å². The van der Waals surface area contributed by atoms with Crippen LogP contribution < -0.4 is 10.1 Å². The molecule has 1 N–H and O–H groups in total. The van der Waals surface area contributed by atoms with Gasteiger partial charge >= 0.3 is 0 Å². The average molecular weight is 427 g/mol. The smallest absolute Gasteiger partial charge is 0.230 e. The molecule has 1 heterocycles. The highest BCUT2D eigenvalue weighted by molar-refractivity contribution is 5.90. The van der Waals surface area contributed by atoms with Crippen LogP contribution in [0.3, 0.4) is 0 Å². The Bertz CT molecular complexity index is 1330. The van der Waals surface area contributed by atoms with Crippen LogP contribution in [0.4, 0.5) is 23.0 Å². The van der Waals surface area contributed by atoms with Gasteiger partial charge in [0.1, 0.15) is 17.4 Å². The first kappa shape index (κ1) is 21.4. The third-order valence-electron chi connectivity index (χ3n) is 5.30. The third kappa shape index (κ3) is 4.42. The van der Waals surface area contributed by atoms with Gasteiger partial charge in [0.2, 0.25) is 5.95 Å². The summed E-state index contributed by atoms with van der Waals surface area (Å²) in [5, 5.41) is 14.7. The minimum atomic E-state index is 0.476. The molecule has 4 rings (SSSR count). The molecule has 4 aromatic rings. The lowest BCUT2D eigenvalue weighted by Crippen LogP contribution is -2.04. The van der Waals surface area contributed by atoms with Crippen molar-refractivity contribution in [3.05, 3.63) is 70.8 Å². The molecule has 162 valence electrons. The molecule has 0 aliphatic carbocycles. The van der Waals surface area contributed by atoms with E-state index in [1.54, 1.807) is 7.11 Å². The zero-order valence-corrected chi connectivity index (χ0v) is 19.2. The highest BCUT2D eigenvalue weighted by atomic mass is 16.5. The summed E-state index contributed by atoms with van der Waals surface area (Å²) in [4.78, 5) is 12.9. The van der Waals surface area contributed by atoms with Gasteiger partial charge in [0, 0.05) is 6.07 Å². The van der Waals surface area contributed by atoms with Crippen LogP contribution in [0.1, 0.15) is 28.3 Å². The quantitative estimate of drug-likeness (QED) is 0.357. The Morgan fingerprint density at radius 2 is 1.50 bits per heavy atom. The maximum Gasteiger partial charge on any atom is 0.230 e. The molecular weight excluding hydrogens is 400 g/mol. The van der Waals surface area contributed by atoms with E-state index < -0.39 is 0 Å². The second-order valence-electron chi connectivity index (χ2n) is 7.85. The molecule has 0 atom stereocenters. The van der Waals surface area contributed by atoms with E-state index in [2.05, 4.69) is 74.7 Å². The van der Waals surface area contributed by atoms with E-state index >= 15 is 0 Å². The van der Waals surface area contributed by atoms with E-state index in [1.165, 1.54) is 21.9 Å². The molecule has 3 aromatic carbocycles. The number of nitrogens with zero attached hydrogens (tertiary/aromatic N) is 5. The molecule has 0 saturated carbocycles. The van der Waals surface area contributed by atoms with Crippen LogP contribution in [0.15, 0.2) is 52.7 Å². The van der Waals surface area contributed by atoms with Crippen LogP contribution in [-0.2, 0) is 0 Å². The number of ether oxygens (including phenoxy) is 1. The molecule has 0 bridgehead atoms. The van der Waals surface area contributed by atoms with Gasteiger partial charge in [-0.1, -0.05) is 18.2 Å². The molecule has 32 heavy (non-hydrogen) atoms. The van der Waals surface area contributed by atoms with Gasteiger partial charge in [0.05, 0.1) is 24.2 Å². The summed E-state index contributed by atoms with van der Waals surface area (Å²) >= 11 is 0. The van der Waals surface area contributed by atoms with Gasteiger partial charge in [-0.2, -0.15) is 20.2 Å². The second kappa shape index (κ2) is 8.70. The van der Waals surface area contributed by atoms with Crippen molar-refractivity contribution in [3.8, 4) is 5.75 Å². The molecule has 0 radical (unpaired) electrons. The standard InChI is InChI=1S/C25H26N6O/c1-14-8-7-9-20-15(2)10-19(12-21(14)20)30-31-22-13-24(32-6)23(11-16(22)3)29-25-27-17(4)26-18(5)28-25/h7-13H,1-6H3,(H,26,27,28,29). The number of azo groups is 1. The SMILES string of the molecule is COc1cc(N=Nc2cc(C)c3cccc(C)c3c2)c(C)cc1Nc1nc(C)nc(C)n1. The largest absolute Gasteiger partial charge is 0.494 e. The van der Waals surface area contributed by atoms with Gasteiger partial charge in [0.25, 0.3) is 0 Å². The Kier molecular flexibility index (Phi) is 5.81. The fraction of sp³-hybridized carbons (Fsp3) is 0.240. The maximum absolute atomic E-state index is 5.58. The lowest BCUT2D eigenvalue weighted by Gasteiger charge is -2.13. The van der Waals surface area contributed by atoms with Gasteiger partial charge in [-0.3, -0.25) is 0 Å².